The Balaban J connectivity index is 2.18. The molecule has 1 heterocycles. The van der Waals surface area contributed by atoms with Gasteiger partial charge in [0.2, 0.25) is 0 Å². The average molecular weight is 232 g/mol. The molecule has 0 aliphatic carbocycles. The van der Waals surface area contributed by atoms with Crippen LogP contribution in [0.2, 0.25) is 0 Å². The molecule has 1 aromatic heterocycles. The number of aliphatic carboxylic acids is 1. The van der Waals surface area contributed by atoms with Crippen LogP contribution < -0.4 is 0 Å². The quantitative estimate of drug-likeness (QED) is 0.873. The number of carbonyl (C=O) groups is 1. The Labute approximate surface area is 98.1 Å². The van der Waals surface area contributed by atoms with E-state index in [1.807, 2.05) is 31.2 Å². The summed E-state index contributed by atoms with van der Waals surface area (Å²) < 4.78 is 5.11. The molecule has 0 radical (unpaired) electrons. The molecular formula is C12H12N2O3. The molecule has 88 valence electrons. The van der Waals surface area contributed by atoms with Gasteiger partial charge in [0.05, 0.1) is 6.42 Å². The fourth-order valence-electron chi connectivity index (χ4n) is 1.50. The lowest BCUT2D eigenvalue weighted by Crippen LogP contribution is -1.98. The van der Waals surface area contributed by atoms with Crippen molar-refractivity contribution in [2.45, 2.75) is 19.8 Å². The minimum Gasteiger partial charge on any atom is -0.481 e. The van der Waals surface area contributed by atoms with Gasteiger partial charge in [-0.15, -0.1) is 0 Å². The normalized spacial score (nSPS) is 10.4. The Morgan fingerprint density at radius 1 is 1.41 bits per heavy atom. The summed E-state index contributed by atoms with van der Waals surface area (Å²) in [5, 5.41) is 12.3. The lowest BCUT2D eigenvalue weighted by Gasteiger charge is -1.97. The van der Waals surface area contributed by atoms with Crippen LogP contribution in [-0.4, -0.2) is 21.2 Å². The summed E-state index contributed by atoms with van der Waals surface area (Å²) in [4.78, 5) is 14.6. The van der Waals surface area contributed by atoms with Crippen LogP contribution in [0, 0.1) is 6.92 Å². The van der Waals surface area contributed by atoms with Gasteiger partial charge in [0, 0.05) is 12.0 Å². The highest BCUT2D eigenvalue weighted by atomic mass is 16.5. The number of hydrogen-bond donors (Lipinski definition) is 1. The third-order valence-electron chi connectivity index (χ3n) is 2.41. The monoisotopic (exact) mass is 232 g/mol. The third kappa shape index (κ3) is 2.69. The van der Waals surface area contributed by atoms with E-state index in [0.29, 0.717) is 11.7 Å². The molecule has 0 unspecified atom stereocenters. The van der Waals surface area contributed by atoms with Crippen molar-refractivity contribution >= 4 is 5.97 Å². The summed E-state index contributed by atoms with van der Waals surface area (Å²) in [5.41, 5.74) is 1.92. The molecule has 5 heteroatoms. The van der Waals surface area contributed by atoms with Crippen molar-refractivity contribution < 1.29 is 14.4 Å². The Bertz CT molecular complexity index is 534. The molecule has 0 aliphatic rings. The minimum absolute atomic E-state index is 0.00669. The van der Waals surface area contributed by atoms with Crippen LogP contribution in [0.5, 0.6) is 0 Å². The van der Waals surface area contributed by atoms with Crippen LogP contribution in [0.1, 0.15) is 17.8 Å². The van der Waals surface area contributed by atoms with Gasteiger partial charge in [-0.3, -0.25) is 4.79 Å². The molecule has 0 aliphatic heterocycles. The highest BCUT2D eigenvalue weighted by Crippen LogP contribution is 2.21. The minimum atomic E-state index is -0.868. The number of rotatable bonds is 4. The molecule has 17 heavy (non-hydrogen) atoms. The molecule has 2 rings (SSSR count). The average Bonchev–Trinajstić information content (AvgIpc) is 2.75. The van der Waals surface area contributed by atoms with Gasteiger partial charge in [0.1, 0.15) is 0 Å². The molecule has 0 saturated carbocycles. The summed E-state index contributed by atoms with van der Waals surface area (Å²) in [5.74, 6) is -0.0126. The van der Waals surface area contributed by atoms with Crippen molar-refractivity contribution in [1.29, 1.82) is 0 Å². The zero-order chi connectivity index (χ0) is 12.3. The second kappa shape index (κ2) is 4.78. The number of carboxylic acids is 1. The highest BCUT2D eigenvalue weighted by molar-refractivity contribution is 5.67. The lowest BCUT2D eigenvalue weighted by atomic mass is 10.1. The van der Waals surface area contributed by atoms with Crippen molar-refractivity contribution in [3.05, 3.63) is 35.7 Å². The smallest absolute Gasteiger partial charge is 0.303 e. The summed E-state index contributed by atoms with van der Waals surface area (Å²) >= 11 is 0. The topological polar surface area (TPSA) is 76.2 Å². The number of nitrogens with zero attached hydrogens (tertiary/aromatic N) is 2. The van der Waals surface area contributed by atoms with E-state index in [1.165, 1.54) is 0 Å². The van der Waals surface area contributed by atoms with Crippen molar-refractivity contribution in [1.82, 2.24) is 10.1 Å². The number of hydrogen-bond acceptors (Lipinski definition) is 4. The zero-order valence-corrected chi connectivity index (χ0v) is 9.38. The van der Waals surface area contributed by atoms with E-state index in [-0.39, 0.29) is 12.8 Å². The van der Waals surface area contributed by atoms with E-state index < -0.39 is 5.97 Å². The van der Waals surface area contributed by atoms with Gasteiger partial charge >= 0.3 is 5.97 Å². The van der Waals surface area contributed by atoms with Crippen LogP contribution in [0.3, 0.4) is 0 Å². The molecule has 0 fully saturated rings. The SMILES string of the molecule is Cc1ccccc1-c1nc(CCC(=O)O)no1. The molecule has 0 saturated heterocycles. The van der Waals surface area contributed by atoms with Gasteiger partial charge in [-0.2, -0.15) is 4.98 Å². The first-order valence-electron chi connectivity index (χ1n) is 5.27. The standard InChI is InChI=1S/C12H12N2O3/c1-8-4-2-3-5-9(8)12-13-10(14-17-12)6-7-11(15)16/h2-5H,6-7H2,1H3,(H,15,16). The van der Waals surface area contributed by atoms with Gasteiger partial charge in [0.15, 0.2) is 5.82 Å². The first kappa shape index (κ1) is 11.3. The van der Waals surface area contributed by atoms with Gasteiger partial charge in [-0.05, 0) is 18.6 Å². The molecular weight excluding hydrogens is 220 g/mol. The Morgan fingerprint density at radius 2 is 2.18 bits per heavy atom. The fraction of sp³-hybridized carbons (Fsp3) is 0.250. The van der Waals surface area contributed by atoms with Crippen molar-refractivity contribution in [2.24, 2.45) is 0 Å². The first-order chi connectivity index (χ1) is 8.16. The maximum atomic E-state index is 10.4. The Hall–Kier alpha value is -2.17. The molecule has 0 bridgehead atoms. The van der Waals surface area contributed by atoms with Gasteiger partial charge in [-0.25, -0.2) is 0 Å². The van der Waals surface area contributed by atoms with Crippen LogP contribution in [-0.2, 0) is 11.2 Å². The summed E-state index contributed by atoms with van der Waals surface area (Å²) in [6.07, 6.45) is 0.289. The Kier molecular flexibility index (Phi) is 3.18. The van der Waals surface area contributed by atoms with Crippen molar-refractivity contribution in [3.8, 4) is 11.5 Å². The van der Waals surface area contributed by atoms with E-state index in [1.54, 1.807) is 0 Å². The molecule has 0 amide bonds. The first-order valence-corrected chi connectivity index (χ1v) is 5.27. The zero-order valence-electron chi connectivity index (χ0n) is 9.38. The van der Waals surface area contributed by atoms with Gasteiger partial charge < -0.3 is 9.63 Å². The molecule has 0 spiro atoms. The van der Waals surface area contributed by atoms with E-state index in [0.717, 1.165) is 11.1 Å². The Morgan fingerprint density at radius 3 is 2.88 bits per heavy atom. The maximum absolute atomic E-state index is 10.4. The van der Waals surface area contributed by atoms with E-state index >= 15 is 0 Å². The van der Waals surface area contributed by atoms with E-state index in [2.05, 4.69) is 10.1 Å². The summed E-state index contributed by atoms with van der Waals surface area (Å²) in [6, 6.07) is 7.67. The predicted molar refractivity (Wildman–Crippen MR) is 60.4 cm³/mol. The largest absolute Gasteiger partial charge is 0.481 e. The molecule has 0 atom stereocenters. The summed E-state index contributed by atoms with van der Waals surface area (Å²) in [6.45, 7) is 1.95. The fourth-order valence-corrected chi connectivity index (χ4v) is 1.50. The molecule has 1 aromatic carbocycles. The summed E-state index contributed by atoms with van der Waals surface area (Å²) in [7, 11) is 0. The number of aromatic nitrogens is 2. The second-order valence-electron chi connectivity index (χ2n) is 3.72. The number of aryl methyl sites for hydroxylation is 2. The third-order valence-corrected chi connectivity index (χ3v) is 2.41. The lowest BCUT2D eigenvalue weighted by molar-refractivity contribution is -0.137. The number of carboxylic acid groups (broad SMARTS) is 1. The number of benzene rings is 1. The molecule has 1 N–H and O–H groups in total. The van der Waals surface area contributed by atoms with Crippen molar-refractivity contribution in [3.63, 3.8) is 0 Å². The predicted octanol–water partition coefficient (Wildman–Crippen LogP) is 2.06. The van der Waals surface area contributed by atoms with Gasteiger partial charge in [0.25, 0.3) is 5.89 Å². The highest BCUT2D eigenvalue weighted by Gasteiger charge is 2.11. The second-order valence-corrected chi connectivity index (χ2v) is 3.72. The van der Waals surface area contributed by atoms with Gasteiger partial charge in [-0.1, -0.05) is 23.4 Å². The van der Waals surface area contributed by atoms with E-state index in [9.17, 15) is 4.79 Å². The van der Waals surface area contributed by atoms with E-state index in [4.69, 9.17) is 9.63 Å². The van der Waals surface area contributed by atoms with Crippen LogP contribution >= 0.6 is 0 Å². The maximum Gasteiger partial charge on any atom is 0.303 e. The van der Waals surface area contributed by atoms with Crippen LogP contribution in [0.25, 0.3) is 11.5 Å². The van der Waals surface area contributed by atoms with Crippen LogP contribution in [0.15, 0.2) is 28.8 Å². The van der Waals surface area contributed by atoms with Crippen LogP contribution in [0.4, 0.5) is 0 Å². The molecule has 5 nitrogen and oxygen atoms in total. The molecule has 2 aromatic rings. The van der Waals surface area contributed by atoms with Crippen molar-refractivity contribution in [2.75, 3.05) is 0 Å².